The summed E-state index contributed by atoms with van der Waals surface area (Å²) in [5.41, 5.74) is 1.77. The number of nitrogens with zero attached hydrogens (tertiary/aromatic N) is 2. The summed E-state index contributed by atoms with van der Waals surface area (Å²) in [7, 11) is 2.54. The van der Waals surface area contributed by atoms with Crippen molar-refractivity contribution < 1.29 is 19.2 Å². The second-order valence-corrected chi connectivity index (χ2v) is 5.12. The van der Waals surface area contributed by atoms with Gasteiger partial charge in [-0.3, -0.25) is 15.1 Å². The van der Waals surface area contributed by atoms with Crippen LogP contribution in [0, 0.1) is 10.1 Å². The first kappa shape index (κ1) is 15.7. The molecule has 0 aliphatic rings. The molecule has 0 amide bonds. The van der Waals surface area contributed by atoms with Crippen LogP contribution in [0.2, 0.25) is 0 Å². The molecule has 0 saturated heterocycles. The fourth-order valence-electron chi connectivity index (χ4n) is 1.83. The van der Waals surface area contributed by atoms with E-state index in [9.17, 15) is 14.9 Å². The van der Waals surface area contributed by atoms with E-state index in [0.717, 1.165) is 4.88 Å². The second-order valence-electron chi connectivity index (χ2n) is 4.14. The van der Waals surface area contributed by atoms with E-state index in [0.29, 0.717) is 6.54 Å². The Morgan fingerprint density at radius 1 is 1.45 bits per heavy atom. The van der Waals surface area contributed by atoms with Gasteiger partial charge in [0.05, 0.1) is 36.8 Å². The lowest BCUT2D eigenvalue weighted by Gasteiger charge is -2.11. The largest absolute Gasteiger partial charge is 0.490 e. The van der Waals surface area contributed by atoms with E-state index in [1.54, 1.807) is 11.7 Å². The van der Waals surface area contributed by atoms with Crippen molar-refractivity contribution in [2.45, 2.75) is 6.54 Å². The van der Waals surface area contributed by atoms with Crippen LogP contribution < -0.4 is 10.1 Å². The zero-order chi connectivity index (χ0) is 16.1. The van der Waals surface area contributed by atoms with E-state index >= 15 is 0 Å². The van der Waals surface area contributed by atoms with Crippen molar-refractivity contribution in [3.05, 3.63) is 44.4 Å². The maximum Gasteiger partial charge on any atom is 0.338 e. The van der Waals surface area contributed by atoms with Crippen molar-refractivity contribution >= 4 is 28.7 Å². The maximum atomic E-state index is 11.7. The number of nitro benzene ring substituents is 1. The predicted octanol–water partition coefficient (Wildman–Crippen LogP) is 2.46. The van der Waals surface area contributed by atoms with Crippen LogP contribution in [0.3, 0.4) is 0 Å². The highest BCUT2D eigenvalue weighted by molar-refractivity contribution is 7.09. The van der Waals surface area contributed by atoms with E-state index in [4.69, 9.17) is 4.74 Å². The van der Waals surface area contributed by atoms with Crippen molar-refractivity contribution in [3.8, 4) is 5.75 Å². The third-order valence-electron chi connectivity index (χ3n) is 2.84. The van der Waals surface area contributed by atoms with Gasteiger partial charge in [-0.05, 0) is 6.07 Å². The monoisotopic (exact) mass is 323 g/mol. The fourth-order valence-corrected chi connectivity index (χ4v) is 2.37. The van der Waals surface area contributed by atoms with E-state index in [-0.39, 0.29) is 22.7 Å². The lowest BCUT2D eigenvalue weighted by molar-refractivity contribution is -0.384. The summed E-state index contributed by atoms with van der Waals surface area (Å²) in [5.74, 6) is -0.617. The number of anilines is 1. The van der Waals surface area contributed by atoms with Gasteiger partial charge >= 0.3 is 11.7 Å². The van der Waals surface area contributed by atoms with Crippen LogP contribution in [-0.4, -0.2) is 30.1 Å². The van der Waals surface area contributed by atoms with Gasteiger partial charge in [-0.15, -0.1) is 11.3 Å². The molecule has 22 heavy (non-hydrogen) atoms. The van der Waals surface area contributed by atoms with Crippen LogP contribution in [0.1, 0.15) is 15.2 Å². The molecule has 1 aromatic heterocycles. The lowest BCUT2D eigenvalue weighted by atomic mass is 10.1. The number of nitrogens with one attached hydrogen (secondary N) is 1. The molecule has 0 spiro atoms. The van der Waals surface area contributed by atoms with Crippen LogP contribution in [0.25, 0.3) is 0 Å². The zero-order valence-electron chi connectivity index (χ0n) is 11.9. The Labute approximate surface area is 129 Å². The van der Waals surface area contributed by atoms with E-state index in [1.807, 2.05) is 0 Å². The Bertz CT molecular complexity index is 687. The average molecular weight is 323 g/mol. The van der Waals surface area contributed by atoms with Crippen LogP contribution in [0.5, 0.6) is 5.75 Å². The summed E-state index contributed by atoms with van der Waals surface area (Å²) in [6.07, 6.45) is 1.66. The molecule has 2 rings (SSSR count). The standard InChI is InChI=1S/C13H13N3O5S/c1-20-11-4-8(13(17)21-2)3-10(12(11)16(18)19)15-6-9-5-14-7-22-9/h3-5,7,15H,6H2,1-2H3. The minimum Gasteiger partial charge on any atom is -0.490 e. The zero-order valence-corrected chi connectivity index (χ0v) is 12.7. The number of hydrogen-bond donors (Lipinski definition) is 1. The van der Waals surface area contributed by atoms with Gasteiger partial charge in [-0.1, -0.05) is 0 Å². The smallest absolute Gasteiger partial charge is 0.338 e. The molecule has 2 aromatic rings. The molecule has 0 atom stereocenters. The molecular formula is C13H13N3O5S. The molecule has 0 bridgehead atoms. The summed E-state index contributed by atoms with van der Waals surface area (Å²) in [4.78, 5) is 27.2. The summed E-state index contributed by atoms with van der Waals surface area (Å²) in [6, 6.07) is 2.65. The maximum absolute atomic E-state index is 11.7. The summed E-state index contributed by atoms with van der Waals surface area (Å²) < 4.78 is 9.66. The number of hydrogen-bond acceptors (Lipinski definition) is 8. The van der Waals surface area contributed by atoms with Crippen LogP contribution in [0.15, 0.2) is 23.8 Å². The van der Waals surface area contributed by atoms with E-state index in [2.05, 4.69) is 15.0 Å². The molecule has 0 unspecified atom stereocenters. The SMILES string of the molecule is COC(=O)c1cc(NCc2cncs2)c([N+](=O)[O-])c(OC)c1. The highest BCUT2D eigenvalue weighted by atomic mass is 32.1. The minimum atomic E-state index is -0.603. The van der Waals surface area contributed by atoms with Crippen molar-refractivity contribution in [3.63, 3.8) is 0 Å². The molecule has 1 aromatic carbocycles. The van der Waals surface area contributed by atoms with Crippen LogP contribution in [0.4, 0.5) is 11.4 Å². The fraction of sp³-hybridized carbons (Fsp3) is 0.231. The molecule has 0 fully saturated rings. The number of nitro groups is 1. The Kier molecular flexibility index (Phi) is 4.89. The first-order valence-corrected chi connectivity index (χ1v) is 7.00. The highest BCUT2D eigenvalue weighted by Gasteiger charge is 2.24. The lowest BCUT2D eigenvalue weighted by Crippen LogP contribution is -2.07. The second kappa shape index (κ2) is 6.85. The highest BCUT2D eigenvalue weighted by Crippen LogP contribution is 2.36. The number of carbonyl (C=O) groups is 1. The number of ether oxygens (including phenoxy) is 2. The van der Waals surface area contributed by atoms with Gasteiger partial charge in [0.1, 0.15) is 5.69 Å². The van der Waals surface area contributed by atoms with Gasteiger partial charge in [0, 0.05) is 17.1 Å². The normalized spacial score (nSPS) is 10.1. The molecule has 116 valence electrons. The molecule has 8 nitrogen and oxygen atoms in total. The molecule has 0 saturated carbocycles. The third kappa shape index (κ3) is 3.31. The predicted molar refractivity (Wildman–Crippen MR) is 80.4 cm³/mol. The molecule has 9 heteroatoms. The molecule has 0 radical (unpaired) electrons. The minimum absolute atomic E-state index is 0.0142. The van der Waals surface area contributed by atoms with Crippen LogP contribution in [-0.2, 0) is 11.3 Å². The third-order valence-corrected chi connectivity index (χ3v) is 3.61. The summed E-state index contributed by atoms with van der Waals surface area (Å²) in [5, 5.41) is 14.2. The molecule has 0 aliphatic heterocycles. The van der Waals surface area contributed by atoms with Gasteiger partial charge in [-0.2, -0.15) is 0 Å². The molecule has 1 heterocycles. The number of thiazole rings is 1. The Balaban J connectivity index is 2.42. The number of esters is 1. The Morgan fingerprint density at radius 3 is 2.77 bits per heavy atom. The summed E-state index contributed by atoms with van der Waals surface area (Å²) >= 11 is 1.42. The number of aromatic nitrogens is 1. The topological polar surface area (TPSA) is 104 Å². The molecule has 0 aliphatic carbocycles. The van der Waals surface area contributed by atoms with E-state index < -0.39 is 10.9 Å². The molecular weight excluding hydrogens is 310 g/mol. The number of methoxy groups -OCH3 is 2. The van der Waals surface area contributed by atoms with Gasteiger partial charge in [0.25, 0.3) is 0 Å². The van der Waals surface area contributed by atoms with Gasteiger partial charge in [0.15, 0.2) is 5.75 Å². The number of rotatable bonds is 6. The van der Waals surface area contributed by atoms with Gasteiger partial charge in [0.2, 0.25) is 0 Å². The first-order chi connectivity index (χ1) is 10.6. The summed E-state index contributed by atoms with van der Waals surface area (Å²) in [6.45, 7) is 0.347. The average Bonchev–Trinajstić information content (AvgIpc) is 3.04. The Morgan fingerprint density at radius 2 is 2.23 bits per heavy atom. The van der Waals surface area contributed by atoms with Crippen molar-refractivity contribution in [2.75, 3.05) is 19.5 Å². The van der Waals surface area contributed by atoms with E-state index in [1.165, 1.54) is 37.7 Å². The molecule has 1 N–H and O–H groups in total. The van der Waals surface area contributed by atoms with Crippen molar-refractivity contribution in [2.24, 2.45) is 0 Å². The number of carbonyl (C=O) groups excluding carboxylic acids is 1. The van der Waals surface area contributed by atoms with Crippen molar-refractivity contribution in [1.82, 2.24) is 4.98 Å². The van der Waals surface area contributed by atoms with Crippen LogP contribution >= 0.6 is 11.3 Å². The number of benzene rings is 1. The first-order valence-electron chi connectivity index (χ1n) is 6.12. The van der Waals surface area contributed by atoms with Gasteiger partial charge in [-0.25, -0.2) is 4.79 Å². The Hall–Kier alpha value is -2.68. The van der Waals surface area contributed by atoms with Crippen molar-refractivity contribution in [1.29, 1.82) is 0 Å². The quantitative estimate of drug-likeness (QED) is 0.494. The van der Waals surface area contributed by atoms with Gasteiger partial charge < -0.3 is 14.8 Å².